The van der Waals surface area contributed by atoms with Gasteiger partial charge in [0.15, 0.2) is 0 Å². The number of anilines is 1. The Hall–Kier alpha value is -1.50. The van der Waals surface area contributed by atoms with Crippen molar-refractivity contribution in [3.8, 4) is 0 Å². The van der Waals surface area contributed by atoms with Gasteiger partial charge in [-0.25, -0.2) is 0 Å². The van der Waals surface area contributed by atoms with Gasteiger partial charge in [0, 0.05) is 11.7 Å². The molecule has 2 aliphatic carbocycles. The Morgan fingerprint density at radius 3 is 2.40 bits per heavy atom. The summed E-state index contributed by atoms with van der Waals surface area (Å²) in [6.45, 7) is 0. The number of nitrogens with one attached hydrogen (secondary N) is 1. The summed E-state index contributed by atoms with van der Waals surface area (Å²) >= 11 is 0. The van der Waals surface area contributed by atoms with Crippen molar-refractivity contribution < 1.29 is 0 Å². The van der Waals surface area contributed by atoms with Gasteiger partial charge in [0.2, 0.25) is 0 Å². The fourth-order valence-corrected chi connectivity index (χ4v) is 4.26. The van der Waals surface area contributed by atoms with Gasteiger partial charge in [-0.3, -0.25) is 0 Å². The van der Waals surface area contributed by atoms with E-state index in [-0.39, 0.29) is 0 Å². The quantitative estimate of drug-likeness (QED) is 0.770. The molecule has 104 valence electrons. The van der Waals surface area contributed by atoms with E-state index in [0.717, 1.165) is 0 Å². The van der Waals surface area contributed by atoms with Crippen molar-refractivity contribution in [1.29, 1.82) is 0 Å². The van der Waals surface area contributed by atoms with Crippen molar-refractivity contribution >= 4 is 16.5 Å². The van der Waals surface area contributed by atoms with Gasteiger partial charge in [-0.2, -0.15) is 0 Å². The molecule has 20 heavy (non-hydrogen) atoms. The van der Waals surface area contributed by atoms with Gasteiger partial charge in [-0.1, -0.05) is 49.6 Å². The standard InChI is InChI=1S/C19H23N/c1-4-11-19(12-5-1)13-10-18(19)20-17-9-8-15-6-2-3-7-16(15)14-17/h2-3,6-9,14,18,20H,1,4-5,10-13H2. The molecule has 2 saturated carbocycles. The number of rotatable bonds is 2. The van der Waals surface area contributed by atoms with Crippen LogP contribution < -0.4 is 5.32 Å². The summed E-state index contributed by atoms with van der Waals surface area (Å²) in [6, 6.07) is 16.1. The molecule has 2 aliphatic rings. The molecule has 1 nitrogen and oxygen atoms in total. The number of fused-ring (bicyclic) bond motifs is 1. The summed E-state index contributed by atoms with van der Waals surface area (Å²) in [5.41, 5.74) is 1.93. The van der Waals surface area contributed by atoms with Crippen molar-refractivity contribution in [3.63, 3.8) is 0 Å². The highest BCUT2D eigenvalue weighted by Crippen LogP contribution is 2.52. The van der Waals surface area contributed by atoms with Gasteiger partial charge in [0.25, 0.3) is 0 Å². The largest absolute Gasteiger partial charge is 0.382 e. The number of hydrogen-bond donors (Lipinski definition) is 1. The third kappa shape index (κ3) is 2.00. The highest BCUT2D eigenvalue weighted by molar-refractivity contribution is 5.85. The summed E-state index contributed by atoms with van der Waals surface area (Å²) < 4.78 is 0. The van der Waals surface area contributed by atoms with Gasteiger partial charge < -0.3 is 5.32 Å². The van der Waals surface area contributed by atoms with E-state index in [1.807, 2.05) is 0 Å². The smallest absolute Gasteiger partial charge is 0.0348 e. The third-order valence-corrected chi connectivity index (χ3v) is 5.61. The van der Waals surface area contributed by atoms with Crippen LogP contribution in [0.15, 0.2) is 42.5 Å². The van der Waals surface area contributed by atoms with Crippen LogP contribution >= 0.6 is 0 Å². The molecule has 1 N–H and O–H groups in total. The van der Waals surface area contributed by atoms with Crippen molar-refractivity contribution in [2.75, 3.05) is 5.32 Å². The van der Waals surface area contributed by atoms with Crippen molar-refractivity contribution in [2.45, 2.75) is 51.0 Å². The van der Waals surface area contributed by atoms with Crippen LogP contribution in [-0.4, -0.2) is 6.04 Å². The zero-order valence-electron chi connectivity index (χ0n) is 12.1. The second-order valence-electron chi connectivity index (χ2n) is 6.72. The first-order chi connectivity index (χ1) is 9.86. The van der Waals surface area contributed by atoms with E-state index in [0.29, 0.717) is 11.5 Å². The fraction of sp³-hybridized carbons (Fsp3) is 0.474. The third-order valence-electron chi connectivity index (χ3n) is 5.61. The molecule has 0 amide bonds. The summed E-state index contributed by atoms with van der Waals surface area (Å²) in [5, 5.41) is 6.51. The monoisotopic (exact) mass is 265 g/mol. The van der Waals surface area contributed by atoms with Crippen LogP contribution in [0.3, 0.4) is 0 Å². The molecule has 2 aromatic rings. The van der Waals surface area contributed by atoms with E-state index in [2.05, 4.69) is 47.8 Å². The van der Waals surface area contributed by atoms with Gasteiger partial charge >= 0.3 is 0 Å². The molecule has 4 rings (SSSR count). The SMILES string of the molecule is c1ccc2cc(NC3CCC34CCCCC4)ccc2c1. The van der Waals surface area contributed by atoms with E-state index in [9.17, 15) is 0 Å². The number of hydrogen-bond acceptors (Lipinski definition) is 1. The van der Waals surface area contributed by atoms with Gasteiger partial charge in [0.1, 0.15) is 0 Å². The first-order valence-electron chi connectivity index (χ1n) is 8.11. The minimum Gasteiger partial charge on any atom is -0.382 e. The molecule has 1 heteroatoms. The molecule has 2 aromatic carbocycles. The highest BCUT2D eigenvalue weighted by atomic mass is 15.0. The average Bonchev–Trinajstić information content (AvgIpc) is 2.52. The Bertz CT molecular complexity index is 610. The summed E-state index contributed by atoms with van der Waals surface area (Å²) in [7, 11) is 0. The predicted molar refractivity (Wildman–Crippen MR) is 86.1 cm³/mol. The van der Waals surface area contributed by atoms with Crippen LogP contribution in [0, 0.1) is 5.41 Å². The van der Waals surface area contributed by atoms with E-state index in [1.54, 1.807) is 0 Å². The average molecular weight is 265 g/mol. The van der Waals surface area contributed by atoms with Crippen molar-refractivity contribution in [1.82, 2.24) is 0 Å². The lowest BCUT2D eigenvalue weighted by molar-refractivity contribution is 0.0571. The minimum absolute atomic E-state index is 0.629. The fourth-order valence-electron chi connectivity index (χ4n) is 4.26. The molecule has 0 aromatic heterocycles. The lowest BCUT2D eigenvalue weighted by atomic mass is 9.57. The minimum atomic E-state index is 0.629. The molecule has 0 aliphatic heterocycles. The normalized spacial score (nSPS) is 24.5. The van der Waals surface area contributed by atoms with E-state index in [4.69, 9.17) is 0 Å². The second-order valence-corrected chi connectivity index (χ2v) is 6.72. The van der Waals surface area contributed by atoms with Crippen LogP contribution in [0.1, 0.15) is 44.9 Å². The van der Waals surface area contributed by atoms with Gasteiger partial charge in [0.05, 0.1) is 0 Å². The van der Waals surface area contributed by atoms with Crippen molar-refractivity contribution in [2.24, 2.45) is 5.41 Å². The lowest BCUT2D eigenvalue weighted by Crippen LogP contribution is -2.50. The maximum Gasteiger partial charge on any atom is 0.0348 e. The van der Waals surface area contributed by atoms with E-state index < -0.39 is 0 Å². The summed E-state index contributed by atoms with van der Waals surface area (Å²) in [6.07, 6.45) is 10.0. The van der Waals surface area contributed by atoms with E-state index >= 15 is 0 Å². The Balaban J connectivity index is 1.55. The maximum absolute atomic E-state index is 3.83. The predicted octanol–water partition coefficient (Wildman–Crippen LogP) is 5.36. The highest BCUT2D eigenvalue weighted by Gasteiger charge is 2.46. The molecule has 0 heterocycles. The Morgan fingerprint density at radius 1 is 0.850 bits per heavy atom. The topological polar surface area (TPSA) is 12.0 Å². The van der Waals surface area contributed by atoms with Gasteiger partial charge in [-0.05, 0) is 54.0 Å². The molecular weight excluding hydrogens is 242 g/mol. The molecule has 0 radical (unpaired) electrons. The van der Waals surface area contributed by atoms with Crippen LogP contribution in [0.2, 0.25) is 0 Å². The molecule has 0 saturated heterocycles. The molecular formula is C19H23N. The zero-order chi connectivity index (χ0) is 13.4. The van der Waals surface area contributed by atoms with Crippen LogP contribution in [0.5, 0.6) is 0 Å². The van der Waals surface area contributed by atoms with Gasteiger partial charge in [-0.15, -0.1) is 0 Å². The first-order valence-corrected chi connectivity index (χ1v) is 8.11. The zero-order valence-corrected chi connectivity index (χ0v) is 12.1. The Kier molecular flexibility index (Phi) is 2.94. The van der Waals surface area contributed by atoms with Crippen molar-refractivity contribution in [3.05, 3.63) is 42.5 Å². The Morgan fingerprint density at radius 2 is 1.65 bits per heavy atom. The molecule has 0 bridgehead atoms. The molecule has 1 atom stereocenters. The number of benzene rings is 2. The maximum atomic E-state index is 3.83. The molecule has 2 fully saturated rings. The Labute approximate surface area is 121 Å². The lowest BCUT2D eigenvalue weighted by Gasteiger charge is -2.52. The molecule has 1 unspecified atom stereocenters. The summed E-state index contributed by atoms with van der Waals surface area (Å²) in [4.78, 5) is 0. The van der Waals surface area contributed by atoms with Crippen LogP contribution in [0.4, 0.5) is 5.69 Å². The molecule has 1 spiro atoms. The van der Waals surface area contributed by atoms with Crippen LogP contribution in [-0.2, 0) is 0 Å². The first kappa shape index (κ1) is 12.3. The van der Waals surface area contributed by atoms with E-state index in [1.165, 1.54) is 61.4 Å². The van der Waals surface area contributed by atoms with Crippen LogP contribution in [0.25, 0.3) is 10.8 Å². The summed E-state index contributed by atoms with van der Waals surface area (Å²) in [5.74, 6) is 0. The second kappa shape index (κ2) is 4.80.